The van der Waals surface area contributed by atoms with Crippen LogP contribution < -0.4 is 4.90 Å². The number of anilines is 1. The molecule has 1 atom stereocenters. The zero-order valence-electron chi connectivity index (χ0n) is 10.2. The molecule has 0 radical (unpaired) electrons. The molecule has 1 saturated heterocycles. The largest absolute Gasteiger partial charge is 0.312 e. The van der Waals surface area contributed by atoms with Crippen LogP contribution in [0.4, 0.5) is 5.69 Å². The molecule has 3 heteroatoms. The Morgan fingerprint density at radius 3 is 2.59 bits per heavy atom. The third-order valence-electron chi connectivity index (χ3n) is 3.21. The van der Waals surface area contributed by atoms with Gasteiger partial charge in [0, 0.05) is 24.0 Å². The minimum atomic E-state index is 0.248. The van der Waals surface area contributed by atoms with Gasteiger partial charge in [-0.3, -0.25) is 4.79 Å². The Balaban J connectivity index is 2.09. The summed E-state index contributed by atoms with van der Waals surface area (Å²) in [5, 5.41) is 0.906. The zero-order valence-corrected chi connectivity index (χ0v) is 11.7. The number of halogens is 1. The van der Waals surface area contributed by atoms with E-state index >= 15 is 0 Å². The maximum absolute atomic E-state index is 11.9. The lowest BCUT2D eigenvalue weighted by Gasteiger charge is -2.16. The van der Waals surface area contributed by atoms with Gasteiger partial charge in [0.2, 0.25) is 5.91 Å². The molecule has 1 unspecified atom stereocenters. The van der Waals surface area contributed by atoms with Crippen molar-refractivity contribution in [2.75, 3.05) is 16.8 Å². The van der Waals surface area contributed by atoms with E-state index in [1.54, 1.807) is 0 Å². The van der Waals surface area contributed by atoms with Crippen molar-refractivity contribution < 1.29 is 4.79 Å². The number of amides is 1. The Morgan fingerprint density at radius 2 is 2.06 bits per heavy atom. The van der Waals surface area contributed by atoms with E-state index < -0.39 is 0 Å². The number of rotatable bonds is 4. The quantitative estimate of drug-likeness (QED) is 0.780. The summed E-state index contributed by atoms with van der Waals surface area (Å²) < 4.78 is 0. The number of carbonyl (C=O) groups excluding carboxylic acids is 1. The highest BCUT2D eigenvalue weighted by molar-refractivity contribution is 9.09. The summed E-state index contributed by atoms with van der Waals surface area (Å²) >= 11 is 3.46. The first kappa shape index (κ1) is 12.6. The van der Waals surface area contributed by atoms with E-state index in [0.29, 0.717) is 12.3 Å². The molecule has 1 aromatic carbocycles. The lowest BCUT2D eigenvalue weighted by atomic mass is 10.1. The first-order valence-corrected chi connectivity index (χ1v) is 7.32. The van der Waals surface area contributed by atoms with E-state index in [4.69, 9.17) is 0 Å². The Bertz CT molecular complexity index is 388. The van der Waals surface area contributed by atoms with E-state index in [-0.39, 0.29) is 5.91 Å². The first-order valence-electron chi connectivity index (χ1n) is 6.20. The Kier molecular flexibility index (Phi) is 4.21. The molecular weight excluding hydrogens is 278 g/mol. The fraction of sp³-hybridized carbons (Fsp3) is 0.500. The van der Waals surface area contributed by atoms with Gasteiger partial charge in [-0.2, -0.15) is 0 Å². The molecule has 1 heterocycles. The molecule has 0 aromatic heterocycles. The second kappa shape index (κ2) is 5.67. The molecule has 0 saturated carbocycles. The standard InChI is InChI=1S/C14H18BrNO/c1-2-3-11-4-6-13(7-5-11)16-10-12(9-15)8-14(16)17/h4-7,12H,2-3,8-10H2,1H3. The molecule has 1 aliphatic rings. The van der Waals surface area contributed by atoms with Crippen LogP contribution in [-0.2, 0) is 11.2 Å². The SMILES string of the molecule is CCCc1ccc(N2CC(CBr)CC2=O)cc1. The Morgan fingerprint density at radius 1 is 1.35 bits per heavy atom. The van der Waals surface area contributed by atoms with Crippen LogP contribution >= 0.6 is 15.9 Å². The van der Waals surface area contributed by atoms with Crippen molar-refractivity contribution in [3.63, 3.8) is 0 Å². The summed E-state index contributed by atoms with van der Waals surface area (Å²) in [5.74, 6) is 0.704. The van der Waals surface area contributed by atoms with Crippen molar-refractivity contribution in [3.05, 3.63) is 29.8 Å². The predicted molar refractivity (Wildman–Crippen MR) is 74.7 cm³/mol. The van der Waals surface area contributed by atoms with Gasteiger partial charge in [0.15, 0.2) is 0 Å². The van der Waals surface area contributed by atoms with E-state index in [1.807, 2.05) is 4.90 Å². The molecule has 0 bridgehead atoms. The second-order valence-electron chi connectivity index (χ2n) is 4.65. The Hall–Kier alpha value is -0.830. The highest BCUT2D eigenvalue weighted by Gasteiger charge is 2.29. The first-order chi connectivity index (χ1) is 8.24. The summed E-state index contributed by atoms with van der Waals surface area (Å²) in [6.45, 7) is 3.02. The van der Waals surface area contributed by atoms with E-state index in [0.717, 1.165) is 30.4 Å². The van der Waals surface area contributed by atoms with Crippen LogP contribution in [0.5, 0.6) is 0 Å². The second-order valence-corrected chi connectivity index (χ2v) is 5.29. The zero-order chi connectivity index (χ0) is 12.3. The van der Waals surface area contributed by atoms with Gasteiger partial charge in [-0.05, 0) is 30.0 Å². The molecule has 92 valence electrons. The van der Waals surface area contributed by atoms with Crippen LogP contribution in [0, 0.1) is 5.92 Å². The Labute approximate surface area is 111 Å². The molecule has 0 spiro atoms. The number of nitrogens with zero attached hydrogens (tertiary/aromatic N) is 1. The lowest BCUT2D eigenvalue weighted by Crippen LogP contribution is -2.24. The number of benzene rings is 1. The number of hydrogen-bond donors (Lipinski definition) is 0. The molecular formula is C14H18BrNO. The van der Waals surface area contributed by atoms with Gasteiger partial charge in [-0.1, -0.05) is 41.4 Å². The summed E-state index contributed by atoms with van der Waals surface area (Å²) in [4.78, 5) is 13.8. The summed E-state index contributed by atoms with van der Waals surface area (Å²) in [5.41, 5.74) is 2.39. The summed E-state index contributed by atoms with van der Waals surface area (Å²) in [7, 11) is 0. The molecule has 17 heavy (non-hydrogen) atoms. The smallest absolute Gasteiger partial charge is 0.227 e. The van der Waals surface area contributed by atoms with Crippen LogP contribution in [0.2, 0.25) is 0 Å². The van der Waals surface area contributed by atoms with Gasteiger partial charge in [0.1, 0.15) is 0 Å². The molecule has 1 fully saturated rings. The van der Waals surface area contributed by atoms with Crippen molar-refractivity contribution in [1.82, 2.24) is 0 Å². The fourth-order valence-corrected chi connectivity index (χ4v) is 2.70. The fourth-order valence-electron chi connectivity index (χ4n) is 2.27. The van der Waals surface area contributed by atoms with Crippen molar-refractivity contribution in [1.29, 1.82) is 0 Å². The molecule has 2 rings (SSSR count). The lowest BCUT2D eigenvalue weighted by molar-refractivity contribution is -0.117. The number of alkyl halides is 1. The van der Waals surface area contributed by atoms with E-state index in [1.165, 1.54) is 5.56 Å². The number of carbonyl (C=O) groups is 1. The van der Waals surface area contributed by atoms with Crippen LogP contribution in [0.15, 0.2) is 24.3 Å². The van der Waals surface area contributed by atoms with Crippen LogP contribution in [0.25, 0.3) is 0 Å². The molecule has 0 N–H and O–H groups in total. The predicted octanol–water partition coefficient (Wildman–Crippen LogP) is 3.39. The van der Waals surface area contributed by atoms with Gasteiger partial charge in [-0.25, -0.2) is 0 Å². The molecule has 1 amide bonds. The highest BCUT2D eigenvalue weighted by Crippen LogP contribution is 2.26. The van der Waals surface area contributed by atoms with Crippen molar-refractivity contribution in [2.24, 2.45) is 5.92 Å². The van der Waals surface area contributed by atoms with Gasteiger partial charge in [-0.15, -0.1) is 0 Å². The normalized spacial score (nSPS) is 20.0. The molecule has 1 aromatic rings. The summed E-state index contributed by atoms with van der Waals surface area (Å²) in [6, 6.07) is 8.40. The third kappa shape index (κ3) is 2.89. The molecule has 0 aliphatic carbocycles. The van der Waals surface area contributed by atoms with Crippen molar-refractivity contribution in [3.8, 4) is 0 Å². The van der Waals surface area contributed by atoms with Gasteiger partial charge >= 0.3 is 0 Å². The van der Waals surface area contributed by atoms with Gasteiger partial charge in [0.25, 0.3) is 0 Å². The van der Waals surface area contributed by atoms with Crippen LogP contribution in [0.1, 0.15) is 25.3 Å². The van der Waals surface area contributed by atoms with Gasteiger partial charge < -0.3 is 4.90 Å². The number of aryl methyl sites for hydroxylation is 1. The third-order valence-corrected chi connectivity index (χ3v) is 4.13. The van der Waals surface area contributed by atoms with Crippen molar-refractivity contribution >= 4 is 27.5 Å². The van der Waals surface area contributed by atoms with E-state index in [2.05, 4.69) is 47.1 Å². The minimum Gasteiger partial charge on any atom is -0.312 e. The molecule has 2 nitrogen and oxygen atoms in total. The highest BCUT2D eigenvalue weighted by atomic mass is 79.9. The monoisotopic (exact) mass is 295 g/mol. The van der Waals surface area contributed by atoms with Crippen molar-refractivity contribution in [2.45, 2.75) is 26.2 Å². The molecule has 1 aliphatic heterocycles. The number of hydrogen-bond acceptors (Lipinski definition) is 1. The topological polar surface area (TPSA) is 20.3 Å². The minimum absolute atomic E-state index is 0.248. The van der Waals surface area contributed by atoms with Gasteiger partial charge in [0.05, 0.1) is 0 Å². The maximum atomic E-state index is 11.9. The average Bonchev–Trinajstić information content (AvgIpc) is 2.72. The van der Waals surface area contributed by atoms with E-state index in [9.17, 15) is 4.79 Å². The maximum Gasteiger partial charge on any atom is 0.227 e. The summed E-state index contributed by atoms with van der Waals surface area (Å²) in [6.07, 6.45) is 2.94. The van der Waals surface area contributed by atoms with Crippen LogP contribution in [-0.4, -0.2) is 17.8 Å². The average molecular weight is 296 g/mol. The van der Waals surface area contributed by atoms with Crippen LogP contribution in [0.3, 0.4) is 0 Å².